The van der Waals surface area contributed by atoms with Gasteiger partial charge in [0.05, 0.1) is 22.6 Å². The monoisotopic (exact) mass is 497 g/mol. The second-order valence-electron chi connectivity index (χ2n) is 7.93. The first-order valence-corrected chi connectivity index (χ1v) is 10.8. The molecule has 0 bridgehead atoms. The molecule has 5 nitrogen and oxygen atoms in total. The number of hydrogen-bond donors (Lipinski definition) is 2. The minimum absolute atomic E-state index is 0.115. The number of hydrogen-bond acceptors (Lipinski definition) is 3. The van der Waals surface area contributed by atoms with Gasteiger partial charge in [-0.2, -0.15) is 5.26 Å². The minimum atomic E-state index is -2.60. The predicted octanol–water partition coefficient (Wildman–Crippen LogP) is 5.59. The molecule has 2 aliphatic rings. The normalized spacial score (nSPS) is 22.0. The van der Waals surface area contributed by atoms with Gasteiger partial charge in [0, 0.05) is 17.2 Å². The Bertz CT molecular complexity index is 1130. The SMILES string of the molecule is N#CC1(NC(=O)c2cc(NC(=O)[C@H]3[C@H](c4ccc(C(F)F)cc4)C3(Cl)Cl)ccc2Cl)CC1. The Labute approximate surface area is 197 Å². The lowest BCUT2D eigenvalue weighted by Gasteiger charge is -2.12. The molecule has 2 saturated carbocycles. The number of benzene rings is 2. The van der Waals surface area contributed by atoms with Crippen LogP contribution in [-0.4, -0.2) is 21.7 Å². The molecule has 10 heteroatoms. The number of nitrogens with zero attached hydrogens (tertiary/aromatic N) is 1. The highest BCUT2D eigenvalue weighted by atomic mass is 35.5. The fourth-order valence-electron chi connectivity index (χ4n) is 3.59. The van der Waals surface area contributed by atoms with Crippen LogP contribution in [-0.2, 0) is 4.79 Å². The second-order valence-corrected chi connectivity index (χ2v) is 9.78. The Morgan fingerprint density at radius 2 is 1.78 bits per heavy atom. The third-order valence-electron chi connectivity index (χ3n) is 5.68. The van der Waals surface area contributed by atoms with Crippen molar-refractivity contribution in [2.75, 3.05) is 5.32 Å². The first kappa shape index (κ1) is 22.8. The first-order valence-electron chi connectivity index (χ1n) is 9.68. The molecule has 2 atom stereocenters. The molecule has 2 N–H and O–H groups in total. The van der Waals surface area contributed by atoms with Crippen LogP contribution in [0.1, 0.15) is 46.7 Å². The van der Waals surface area contributed by atoms with Gasteiger partial charge in [-0.1, -0.05) is 35.9 Å². The van der Waals surface area contributed by atoms with Crippen molar-refractivity contribution in [3.63, 3.8) is 0 Å². The third-order valence-corrected chi connectivity index (χ3v) is 6.95. The fraction of sp³-hybridized carbons (Fsp3) is 0.318. The molecule has 2 aromatic carbocycles. The standard InChI is InChI=1S/C22H16Cl3F2N3O2/c23-15-6-5-13(9-14(15)19(31)30-21(10-28)7-8-21)29-20(32)17-16(22(17,24)25)11-1-3-12(4-2-11)18(26)27/h1-6,9,16-18H,7-8H2,(H,29,32)(H,30,31)/t16-,17+/m0/s1. The average molecular weight is 499 g/mol. The van der Waals surface area contributed by atoms with Crippen molar-refractivity contribution < 1.29 is 18.4 Å². The van der Waals surface area contributed by atoms with Crippen molar-refractivity contribution in [1.82, 2.24) is 5.32 Å². The van der Waals surface area contributed by atoms with E-state index in [4.69, 9.17) is 40.1 Å². The zero-order valence-corrected chi connectivity index (χ0v) is 18.6. The van der Waals surface area contributed by atoms with Gasteiger partial charge >= 0.3 is 0 Å². The number of alkyl halides is 4. The highest BCUT2D eigenvalue weighted by Crippen LogP contribution is 2.65. The summed E-state index contributed by atoms with van der Waals surface area (Å²) in [6, 6.07) is 12.0. The molecule has 2 aliphatic carbocycles. The molecule has 0 spiro atoms. The Balaban J connectivity index is 1.48. The van der Waals surface area contributed by atoms with Crippen molar-refractivity contribution in [3.05, 3.63) is 64.2 Å². The topological polar surface area (TPSA) is 82.0 Å². The molecule has 166 valence electrons. The molecule has 0 aromatic heterocycles. The van der Waals surface area contributed by atoms with Crippen LogP contribution in [0.3, 0.4) is 0 Å². The molecule has 0 heterocycles. The van der Waals surface area contributed by atoms with E-state index in [0.29, 0.717) is 24.1 Å². The lowest BCUT2D eigenvalue weighted by atomic mass is 10.1. The summed E-state index contributed by atoms with van der Waals surface area (Å²) in [5.41, 5.74) is -0.0148. The Morgan fingerprint density at radius 1 is 1.12 bits per heavy atom. The van der Waals surface area contributed by atoms with Crippen LogP contribution in [0.5, 0.6) is 0 Å². The van der Waals surface area contributed by atoms with Crippen LogP contribution < -0.4 is 10.6 Å². The lowest BCUT2D eigenvalue weighted by Crippen LogP contribution is -2.35. The molecule has 2 aromatic rings. The van der Waals surface area contributed by atoms with E-state index in [9.17, 15) is 18.4 Å². The zero-order chi connectivity index (χ0) is 23.3. The first-order chi connectivity index (χ1) is 15.1. The van der Waals surface area contributed by atoms with Gasteiger partial charge in [0.2, 0.25) is 5.91 Å². The summed E-state index contributed by atoms with van der Waals surface area (Å²) in [6.45, 7) is 0. The van der Waals surface area contributed by atoms with Gasteiger partial charge in [-0.25, -0.2) is 8.78 Å². The van der Waals surface area contributed by atoms with E-state index < -0.39 is 39.9 Å². The molecule has 2 amide bonds. The van der Waals surface area contributed by atoms with E-state index in [1.165, 1.54) is 42.5 Å². The molecule has 0 aliphatic heterocycles. The summed E-state index contributed by atoms with van der Waals surface area (Å²) in [4.78, 5) is 25.3. The van der Waals surface area contributed by atoms with Crippen molar-refractivity contribution >= 4 is 52.3 Å². The highest BCUT2D eigenvalue weighted by molar-refractivity contribution is 6.53. The number of nitriles is 1. The van der Waals surface area contributed by atoms with E-state index in [1.807, 2.05) is 0 Å². The van der Waals surface area contributed by atoms with Gasteiger partial charge in [0.15, 0.2) is 0 Å². The summed E-state index contributed by atoms with van der Waals surface area (Å²) in [5, 5.41) is 14.6. The van der Waals surface area contributed by atoms with E-state index in [0.717, 1.165) is 0 Å². The molecule has 2 fully saturated rings. The summed E-state index contributed by atoms with van der Waals surface area (Å²) in [5.74, 6) is -2.39. The fourth-order valence-corrected chi connectivity index (χ4v) is 4.62. The van der Waals surface area contributed by atoms with Crippen LogP contribution in [0, 0.1) is 17.2 Å². The predicted molar refractivity (Wildman–Crippen MR) is 117 cm³/mol. The quantitative estimate of drug-likeness (QED) is 0.509. The number of anilines is 1. The van der Waals surface area contributed by atoms with Crippen LogP contribution in [0.4, 0.5) is 14.5 Å². The van der Waals surface area contributed by atoms with Crippen molar-refractivity contribution in [3.8, 4) is 6.07 Å². The van der Waals surface area contributed by atoms with Crippen LogP contribution >= 0.6 is 34.8 Å². The Hall–Kier alpha value is -2.40. The van der Waals surface area contributed by atoms with E-state index in [1.54, 1.807) is 0 Å². The summed E-state index contributed by atoms with van der Waals surface area (Å²) in [6.07, 6.45) is -1.46. The maximum Gasteiger partial charge on any atom is 0.263 e. The van der Waals surface area contributed by atoms with E-state index in [-0.39, 0.29) is 16.1 Å². The Kier molecular flexibility index (Phi) is 5.83. The molecular weight excluding hydrogens is 483 g/mol. The summed E-state index contributed by atoms with van der Waals surface area (Å²) >= 11 is 18.8. The minimum Gasteiger partial charge on any atom is -0.334 e. The number of carbonyl (C=O) groups excluding carboxylic acids is 2. The zero-order valence-electron chi connectivity index (χ0n) is 16.3. The van der Waals surface area contributed by atoms with Gasteiger partial charge in [0.25, 0.3) is 12.3 Å². The summed E-state index contributed by atoms with van der Waals surface area (Å²) in [7, 11) is 0. The maximum atomic E-state index is 12.8. The van der Waals surface area contributed by atoms with Crippen LogP contribution in [0.2, 0.25) is 5.02 Å². The molecule has 0 radical (unpaired) electrons. The van der Waals surface area contributed by atoms with Gasteiger partial charge in [-0.05, 0) is 36.6 Å². The van der Waals surface area contributed by atoms with Crippen molar-refractivity contribution in [2.45, 2.75) is 35.1 Å². The molecule has 4 rings (SSSR count). The molecule has 0 unspecified atom stereocenters. The van der Waals surface area contributed by atoms with Gasteiger partial charge < -0.3 is 10.6 Å². The second kappa shape index (κ2) is 8.18. The number of nitrogens with one attached hydrogen (secondary N) is 2. The maximum absolute atomic E-state index is 12.8. The van der Waals surface area contributed by atoms with Gasteiger partial charge in [-0.15, -0.1) is 23.2 Å². The molecule has 32 heavy (non-hydrogen) atoms. The van der Waals surface area contributed by atoms with E-state index in [2.05, 4.69) is 16.7 Å². The van der Waals surface area contributed by atoms with Crippen molar-refractivity contribution in [1.29, 1.82) is 5.26 Å². The number of rotatable bonds is 6. The average Bonchev–Trinajstić information content (AvgIpc) is 3.64. The third kappa shape index (κ3) is 4.27. The summed E-state index contributed by atoms with van der Waals surface area (Å²) < 4.78 is 24.2. The Morgan fingerprint density at radius 3 is 2.34 bits per heavy atom. The van der Waals surface area contributed by atoms with Gasteiger partial charge in [-0.3, -0.25) is 9.59 Å². The van der Waals surface area contributed by atoms with Gasteiger partial charge in [0.1, 0.15) is 9.87 Å². The lowest BCUT2D eigenvalue weighted by molar-refractivity contribution is -0.117. The molecular formula is C22H16Cl3F2N3O2. The number of halogens is 5. The van der Waals surface area contributed by atoms with E-state index >= 15 is 0 Å². The smallest absolute Gasteiger partial charge is 0.263 e. The largest absolute Gasteiger partial charge is 0.334 e. The van der Waals surface area contributed by atoms with Crippen LogP contribution in [0.25, 0.3) is 0 Å². The highest BCUT2D eigenvalue weighted by Gasteiger charge is 2.67. The number of carbonyl (C=O) groups is 2. The number of amides is 2. The van der Waals surface area contributed by atoms with Crippen molar-refractivity contribution in [2.24, 2.45) is 5.92 Å². The van der Waals surface area contributed by atoms with Crippen LogP contribution in [0.15, 0.2) is 42.5 Å². The molecule has 0 saturated heterocycles.